The molecule has 0 fully saturated rings. The molecule has 0 aromatic carbocycles. The van der Waals surface area contributed by atoms with Gasteiger partial charge in [0.15, 0.2) is 0 Å². The third-order valence-corrected chi connectivity index (χ3v) is 3.20. The van der Waals surface area contributed by atoms with Crippen LogP contribution in [0.2, 0.25) is 0 Å². The van der Waals surface area contributed by atoms with E-state index in [1.165, 1.54) is 0 Å². The summed E-state index contributed by atoms with van der Waals surface area (Å²) in [6.07, 6.45) is 0.588. The molecule has 3 nitrogen and oxygen atoms in total. The van der Waals surface area contributed by atoms with Crippen molar-refractivity contribution in [2.45, 2.75) is 27.2 Å². The van der Waals surface area contributed by atoms with Gasteiger partial charge in [-0.15, -0.1) is 0 Å². The minimum Gasteiger partial charge on any atom is -0.478 e. The largest absolute Gasteiger partial charge is 0.478 e. The first kappa shape index (κ1) is 13.2. The molecule has 14 heavy (non-hydrogen) atoms. The number of hydrogen-bond donors (Lipinski definition) is 1. The highest BCUT2D eigenvalue weighted by atomic mass is 16.4. The third kappa shape index (κ3) is 3.50. The molecule has 0 atom stereocenters. The van der Waals surface area contributed by atoms with Crippen LogP contribution in [-0.2, 0) is 4.79 Å². The fourth-order valence-corrected chi connectivity index (χ4v) is 1.62. The van der Waals surface area contributed by atoms with Gasteiger partial charge >= 0.3 is 5.97 Å². The van der Waals surface area contributed by atoms with Crippen LogP contribution < -0.4 is 0 Å². The third-order valence-electron chi connectivity index (χ3n) is 3.20. The maximum Gasteiger partial charge on any atom is 0.331 e. The highest BCUT2D eigenvalue weighted by Crippen LogP contribution is 2.10. The van der Waals surface area contributed by atoms with Crippen molar-refractivity contribution in [1.29, 1.82) is 0 Å². The molecule has 0 aromatic rings. The topological polar surface area (TPSA) is 37.3 Å². The Hall–Kier alpha value is -0.830. The minimum atomic E-state index is -0.869. The number of aliphatic carboxylic acids is 1. The maximum atomic E-state index is 10.6. The van der Waals surface area contributed by atoms with E-state index in [1.807, 2.05) is 0 Å². The monoisotopic (exact) mass is 200 g/mol. The van der Waals surface area contributed by atoms with Gasteiger partial charge < -0.3 is 9.59 Å². The number of hydrogen-bond acceptors (Lipinski definition) is 1. The van der Waals surface area contributed by atoms with E-state index >= 15 is 0 Å². The van der Waals surface area contributed by atoms with E-state index in [-0.39, 0.29) is 0 Å². The van der Waals surface area contributed by atoms with Gasteiger partial charge in [-0.1, -0.05) is 6.58 Å². The van der Waals surface area contributed by atoms with E-state index in [0.717, 1.165) is 30.7 Å². The number of rotatable bonds is 7. The molecule has 0 bridgehead atoms. The quantitative estimate of drug-likeness (QED) is 0.503. The van der Waals surface area contributed by atoms with Gasteiger partial charge in [0.05, 0.1) is 26.2 Å². The molecule has 1 N–H and O–H groups in total. The normalized spacial score (nSPS) is 11.4. The van der Waals surface area contributed by atoms with Crippen molar-refractivity contribution >= 4 is 5.97 Å². The van der Waals surface area contributed by atoms with Gasteiger partial charge in [-0.25, -0.2) is 4.79 Å². The fourth-order valence-electron chi connectivity index (χ4n) is 1.62. The van der Waals surface area contributed by atoms with E-state index < -0.39 is 5.97 Å². The number of quaternary nitrogens is 1. The summed E-state index contributed by atoms with van der Waals surface area (Å²) in [5, 5.41) is 8.69. The lowest BCUT2D eigenvalue weighted by Gasteiger charge is -2.35. The minimum absolute atomic E-state index is 0.322. The highest BCUT2D eigenvalue weighted by Gasteiger charge is 2.21. The average Bonchev–Trinajstić information content (AvgIpc) is 2.20. The summed E-state index contributed by atoms with van der Waals surface area (Å²) in [4.78, 5) is 10.6. The van der Waals surface area contributed by atoms with Gasteiger partial charge in [0.25, 0.3) is 0 Å². The molecule has 0 heterocycles. The van der Waals surface area contributed by atoms with Crippen LogP contribution >= 0.6 is 0 Å². The van der Waals surface area contributed by atoms with Crippen LogP contribution in [-0.4, -0.2) is 41.7 Å². The second kappa shape index (κ2) is 5.81. The average molecular weight is 200 g/mol. The second-order valence-corrected chi connectivity index (χ2v) is 3.67. The number of carbonyl (C=O) groups is 1. The molecule has 82 valence electrons. The summed E-state index contributed by atoms with van der Waals surface area (Å²) in [5.74, 6) is -0.869. The van der Waals surface area contributed by atoms with Crippen molar-refractivity contribution in [3.05, 3.63) is 12.2 Å². The second-order valence-electron chi connectivity index (χ2n) is 3.67. The number of nitrogens with zero attached hydrogens (tertiary/aromatic N) is 1. The summed E-state index contributed by atoms with van der Waals surface area (Å²) < 4.78 is 0.978. The molecule has 0 radical (unpaired) electrons. The van der Waals surface area contributed by atoms with Crippen LogP contribution in [0.1, 0.15) is 27.2 Å². The predicted molar refractivity (Wildman–Crippen MR) is 58.1 cm³/mol. The van der Waals surface area contributed by atoms with E-state index in [1.54, 1.807) is 0 Å². The molecule has 0 aliphatic heterocycles. The zero-order valence-electron chi connectivity index (χ0n) is 9.55. The Labute approximate surface area is 86.6 Å². The molecule has 0 aliphatic carbocycles. The van der Waals surface area contributed by atoms with Crippen molar-refractivity contribution in [2.24, 2.45) is 0 Å². The highest BCUT2D eigenvalue weighted by molar-refractivity contribution is 5.85. The number of carboxylic acids is 1. The predicted octanol–water partition coefficient (Wildman–Crippen LogP) is 1.89. The molecule has 0 spiro atoms. The van der Waals surface area contributed by atoms with Crippen molar-refractivity contribution in [3.8, 4) is 0 Å². The zero-order valence-corrected chi connectivity index (χ0v) is 9.55. The van der Waals surface area contributed by atoms with E-state index in [2.05, 4.69) is 27.4 Å². The van der Waals surface area contributed by atoms with Gasteiger partial charge in [-0.2, -0.15) is 0 Å². The van der Waals surface area contributed by atoms with Gasteiger partial charge in [-0.05, 0) is 20.8 Å². The van der Waals surface area contributed by atoms with Crippen LogP contribution in [0.4, 0.5) is 0 Å². The summed E-state index contributed by atoms with van der Waals surface area (Å²) in [6, 6.07) is 0. The standard InChI is InChI=1S/C11H21NO2/c1-5-12(6-2,7-3)9-8-10(4)11(13)14/h4-9H2,1-3H3/p+1. The lowest BCUT2D eigenvalue weighted by atomic mass is 10.2. The Morgan fingerprint density at radius 1 is 1.21 bits per heavy atom. The lowest BCUT2D eigenvalue weighted by molar-refractivity contribution is -0.923. The van der Waals surface area contributed by atoms with Crippen molar-refractivity contribution < 1.29 is 14.4 Å². The molecule has 0 unspecified atom stereocenters. The van der Waals surface area contributed by atoms with Crippen molar-refractivity contribution in [1.82, 2.24) is 0 Å². The Balaban J connectivity index is 4.19. The zero-order chi connectivity index (χ0) is 11.2. The molecule has 0 saturated carbocycles. The van der Waals surface area contributed by atoms with Crippen LogP contribution in [0.15, 0.2) is 12.2 Å². The molecule has 0 rings (SSSR count). The van der Waals surface area contributed by atoms with E-state index in [9.17, 15) is 4.79 Å². The van der Waals surface area contributed by atoms with Crippen LogP contribution in [0.5, 0.6) is 0 Å². The SMILES string of the molecule is C=C(CC[N+](CC)(CC)CC)C(=O)O. The summed E-state index contributed by atoms with van der Waals surface area (Å²) in [7, 11) is 0. The molecule has 0 aliphatic rings. The smallest absolute Gasteiger partial charge is 0.331 e. The van der Waals surface area contributed by atoms with Gasteiger partial charge in [0.1, 0.15) is 0 Å². The Kier molecular flexibility index (Phi) is 5.46. The van der Waals surface area contributed by atoms with Gasteiger partial charge in [0, 0.05) is 12.0 Å². The fraction of sp³-hybridized carbons (Fsp3) is 0.727. The van der Waals surface area contributed by atoms with Crippen molar-refractivity contribution in [3.63, 3.8) is 0 Å². The molecule has 0 aromatic heterocycles. The van der Waals surface area contributed by atoms with E-state index in [0.29, 0.717) is 12.0 Å². The van der Waals surface area contributed by atoms with E-state index in [4.69, 9.17) is 5.11 Å². The first-order valence-electron chi connectivity index (χ1n) is 5.27. The van der Waals surface area contributed by atoms with Gasteiger partial charge in [0.2, 0.25) is 0 Å². The summed E-state index contributed by atoms with van der Waals surface area (Å²) >= 11 is 0. The molecule has 0 saturated heterocycles. The lowest BCUT2D eigenvalue weighted by Crippen LogP contribution is -2.48. The maximum absolute atomic E-state index is 10.6. The van der Waals surface area contributed by atoms with Crippen LogP contribution in [0, 0.1) is 0 Å². The molecular weight excluding hydrogens is 178 g/mol. The summed E-state index contributed by atoms with van der Waals surface area (Å²) in [6.45, 7) is 14.0. The molecule has 3 heteroatoms. The summed E-state index contributed by atoms with van der Waals surface area (Å²) in [5.41, 5.74) is 0.322. The molecule has 0 amide bonds. The first-order valence-corrected chi connectivity index (χ1v) is 5.27. The van der Waals surface area contributed by atoms with Crippen LogP contribution in [0.25, 0.3) is 0 Å². The Morgan fingerprint density at radius 2 is 1.64 bits per heavy atom. The Bertz CT molecular complexity index is 199. The molecular formula is C11H22NO2+. The first-order chi connectivity index (χ1) is 6.51. The Morgan fingerprint density at radius 3 is 1.93 bits per heavy atom. The van der Waals surface area contributed by atoms with Crippen molar-refractivity contribution in [2.75, 3.05) is 26.2 Å². The van der Waals surface area contributed by atoms with Gasteiger partial charge in [-0.3, -0.25) is 0 Å². The number of carboxylic acid groups (broad SMARTS) is 1. The van der Waals surface area contributed by atoms with Crippen LogP contribution in [0.3, 0.4) is 0 Å².